The fourth-order valence-electron chi connectivity index (χ4n) is 2.17. The lowest BCUT2D eigenvalue weighted by molar-refractivity contribution is -0.145. The van der Waals surface area contributed by atoms with Crippen molar-refractivity contribution in [2.24, 2.45) is 0 Å². The molecule has 4 nitrogen and oxygen atoms in total. The van der Waals surface area contributed by atoms with Crippen LogP contribution in [-0.2, 0) is 20.9 Å². The Kier molecular flexibility index (Phi) is 8.28. The van der Waals surface area contributed by atoms with Gasteiger partial charge in [-0.1, -0.05) is 34.8 Å². The molecule has 0 amide bonds. The summed E-state index contributed by atoms with van der Waals surface area (Å²) in [7, 11) is 0. The second-order valence-corrected chi connectivity index (χ2v) is 6.99. The molecule has 0 spiro atoms. The quantitative estimate of drug-likeness (QED) is 0.153. The van der Waals surface area contributed by atoms with Gasteiger partial charge in [0.2, 0.25) is 5.82 Å². The molecule has 0 heterocycles. The predicted molar refractivity (Wildman–Crippen MR) is 97.0 cm³/mol. The largest absolute Gasteiger partial charge is 0.461 e. The van der Waals surface area contributed by atoms with Crippen molar-refractivity contribution in [3.8, 4) is 5.75 Å². The molecular formula is C18H10Cl3F5O4. The van der Waals surface area contributed by atoms with Crippen LogP contribution in [0.2, 0.25) is 15.1 Å². The molecule has 0 aliphatic rings. The van der Waals surface area contributed by atoms with Gasteiger partial charge in [-0.05, 0) is 18.6 Å². The number of carbonyl (C=O) groups excluding carboxylic acids is 2. The number of benzene rings is 2. The van der Waals surface area contributed by atoms with E-state index in [1.807, 2.05) is 0 Å². The van der Waals surface area contributed by atoms with E-state index in [1.165, 1.54) is 12.1 Å². The standard InChI is InChI=1S/C18H10Cl3F5O4/c19-7-4-9(20)18(10(21)5-7)30-12(28)3-1-2-11(27)29-6-8-13(22)15(24)17(26)16(25)14(8)23/h4-5H,1-3,6H2. The normalized spacial score (nSPS) is 10.8. The van der Waals surface area contributed by atoms with Crippen LogP contribution in [0.5, 0.6) is 5.75 Å². The number of carbonyl (C=O) groups is 2. The Morgan fingerprint density at radius 3 is 1.77 bits per heavy atom. The van der Waals surface area contributed by atoms with Gasteiger partial charge in [-0.25, -0.2) is 22.0 Å². The van der Waals surface area contributed by atoms with Gasteiger partial charge in [0.1, 0.15) is 6.61 Å². The van der Waals surface area contributed by atoms with Crippen LogP contribution in [-0.4, -0.2) is 11.9 Å². The first-order valence-electron chi connectivity index (χ1n) is 8.04. The van der Waals surface area contributed by atoms with E-state index in [2.05, 4.69) is 4.74 Å². The van der Waals surface area contributed by atoms with Gasteiger partial charge < -0.3 is 9.47 Å². The Bertz CT molecular complexity index is 948. The van der Waals surface area contributed by atoms with Crippen molar-refractivity contribution in [1.82, 2.24) is 0 Å². The number of ether oxygens (including phenoxy) is 2. The maximum absolute atomic E-state index is 13.5. The summed E-state index contributed by atoms with van der Waals surface area (Å²) in [5.41, 5.74) is -1.29. The van der Waals surface area contributed by atoms with E-state index in [0.717, 1.165) is 0 Å². The first-order valence-corrected chi connectivity index (χ1v) is 9.17. The SMILES string of the molecule is O=C(CCCC(=O)Oc1c(Cl)cc(Cl)cc1Cl)OCc1c(F)c(F)c(F)c(F)c1F. The van der Waals surface area contributed by atoms with Gasteiger partial charge in [0, 0.05) is 17.9 Å². The number of hydrogen-bond donors (Lipinski definition) is 0. The van der Waals surface area contributed by atoms with Gasteiger partial charge in [0.05, 0.1) is 15.6 Å². The molecule has 0 fully saturated rings. The Labute approximate surface area is 181 Å². The van der Waals surface area contributed by atoms with Crippen molar-refractivity contribution in [3.05, 3.63) is 61.9 Å². The molecule has 2 rings (SSSR count). The summed E-state index contributed by atoms with van der Waals surface area (Å²) >= 11 is 17.5. The molecule has 0 saturated heterocycles. The molecular weight excluding hydrogens is 482 g/mol. The third-order valence-electron chi connectivity index (χ3n) is 3.62. The zero-order valence-electron chi connectivity index (χ0n) is 14.6. The average Bonchev–Trinajstić information content (AvgIpc) is 2.67. The number of esters is 2. The Hall–Kier alpha value is -2.10. The Morgan fingerprint density at radius 1 is 0.767 bits per heavy atom. The van der Waals surface area contributed by atoms with Crippen molar-refractivity contribution >= 4 is 46.7 Å². The molecule has 162 valence electrons. The molecule has 0 atom stereocenters. The molecule has 2 aromatic rings. The van der Waals surface area contributed by atoms with E-state index >= 15 is 0 Å². The predicted octanol–water partition coefficient (Wildman–Crippen LogP) is 6.16. The topological polar surface area (TPSA) is 52.6 Å². The van der Waals surface area contributed by atoms with Crippen LogP contribution < -0.4 is 4.74 Å². The van der Waals surface area contributed by atoms with Gasteiger partial charge >= 0.3 is 11.9 Å². The maximum atomic E-state index is 13.5. The second kappa shape index (κ2) is 10.3. The second-order valence-electron chi connectivity index (χ2n) is 5.74. The van der Waals surface area contributed by atoms with Crippen LogP contribution in [0.1, 0.15) is 24.8 Å². The highest BCUT2D eigenvalue weighted by atomic mass is 35.5. The minimum absolute atomic E-state index is 0.0110. The lowest BCUT2D eigenvalue weighted by atomic mass is 10.2. The zero-order valence-corrected chi connectivity index (χ0v) is 16.9. The average molecular weight is 492 g/mol. The van der Waals surface area contributed by atoms with Gasteiger partial charge in [0.25, 0.3) is 0 Å². The maximum Gasteiger partial charge on any atom is 0.311 e. The summed E-state index contributed by atoms with van der Waals surface area (Å²) < 4.78 is 75.7. The summed E-state index contributed by atoms with van der Waals surface area (Å²) in [5.74, 6) is -12.8. The number of halogens is 8. The van der Waals surface area contributed by atoms with Crippen LogP contribution in [0, 0.1) is 29.1 Å². The lowest BCUT2D eigenvalue weighted by Crippen LogP contribution is -2.13. The van der Waals surface area contributed by atoms with Gasteiger partial charge in [0.15, 0.2) is 29.0 Å². The van der Waals surface area contributed by atoms with E-state index in [4.69, 9.17) is 39.5 Å². The Balaban J connectivity index is 1.86. The molecule has 0 N–H and O–H groups in total. The lowest BCUT2D eigenvalue weighted by Gasteiger charge is -2.10. The highest BCUT2D eigenvalue weighted by Crippen LogP contribution is 2.36. The first-order chi connectivity index (χ1) is 14.0. The fraction of sp³-hybridized carbons (Fsp3) is 0.222. The van der Waals surface area contributed by atoms with Crippen molar-refractivity contribution in [2.75, 3.05) is 0 Å². The molecule has 0 aliphatic carbocycles. The van der Waals surface area contributed by atoms with E-state index in [1.54, 1.807) is 0 Å². The summed E-state index contributed by atoms with van der Waals surface area (Å²) in [6.07, 6.45) is -0.781. The minimum atomic E-state index is -2.32. The Morgan fingerprint density at radius 2 is 1.23 bits per heavy atom. The molecule has 0 unspecified atom stereocenters. The third kappa shape index (κ3) is 5.74. The molecule has 0 saturated carbocycles. The molecule has 30 heavy (non-hydrogen) atoms. The van der Waals surface area contributed by atoms with Gasteiger partial charge in [-0.3, -0.25) is 9.59 Å². The van der Waals surface area contributed by atoms with Crippen LogP contribution in [0.15, 0.2) is 12.1 Å². The number of rotatable bonds is 7. The highest BCUT2D eigenvalue weighted by molar-refractivity contribution is 6.40. The van der Waals surface area contributed by atoms with Crippen LogP contribution >= 0.6 is 34.8 Å². The van der Waals surface area contributed by atoms with E-state index < -0.39 is 59.6 Å². The molecule has 0 aliphatic heterocycles. The molecule has 0 radical (unpaired) electrons. The van der Waals surface area contributed by atoms with Crippen LogP contribution in [0.3, 0.4) is 0 Å². The monoisotopic (exact) mass is 490 g/mol. The number of hydrogen-bond acceptors (Lipinski definition) is 4. The smallest absolute Gasteiger partial charge is 0.311 e. The summed E-state index contributed by atoms with van der Waals surface area (Å²) in [6, 6.07) is 2.60. The van der Waals surface area contributed by atoms with Gasteiger partial charge in [-0.15, -0.1) is 0 Å². The minimum Gasteiger partial charge on any atom is -0.461 e. The molecule has 12 heteroatoms. The highest BCUT2D eigenvalue weighted by Gasteiger charge is 2.26. The summed E-state index contributed by atoms with van der Waals surface area (Å²) in [4.78, 5) is 23.4. The fourth-order valence-corrected chi connectivity index (χ4v) is 3.06. The van der Waals surface area contributed by atoms with Gasteiger partial charge in [-0.2, -0.15) is 0 Å². The molecule has 0 aromatic heterocycles. The first kappa shape index (κ1) is 24.2. The summed E-state index contributed by atoms with van der Waals surface area (Å²) in [6.45, 7) is -1.18. The van der Waals surface area contributed by atoms with Crippen molar-refractivity contribution in [1.29, 1.82) is 0 Å². The van der Waals surface area contributed by atoms with E-state index in [9.17, 15) is 31.5 Å². The zero-order chi connectivity index (χ0) is 22.6. The molecule has 2 aromatic carbocycles. The van der Waals surface area contributed by atoms with Crippen molar-refractivity contribution in [3.63, 3.8) is 0 Å². The third-order valence-corrected chi connectivity index (χ3v) is 4.40. The van der Waals surface area contributed by atoms with Crippen LogP contribution in [0.25, 0.3) is 0 Å². The molecule has 0 bridgehead atoms. The van der Waals surface area contributed by atoms with Crippen LogP contribution in [0.4, 0.5) is 22.0 Å². The van der Waals surface area contributed by atoms with Crippen molar-refractivity contribution < 1.29 is 41.0 Å². The summed E-state index contributed by atoms with van der Waals surface area (Å²) in [5, 5.41) is 0.201. The van der Waals surface area contributed by atoms with Crippen molar-refractivity contribution in [2.45, 2.75) is 25.9 Å². The van der Waals surface area contributed by atoms with E-state index in [-0.39, 0.29) is 33.7 Å². The van der Waals surface area contributed by atoms with E-state index in [0.29, 0.717) is 0 Å².